The Morgan fingerprint density at radius 3 is 2.77 bits per heavy atom. The van der Waals surface area contributed by atoms with Crippen molar-refractivity contribution in [2.45, 2.75) is 25.8 Å². The summed E-state index contributed by atoms with van der Waals surface area (Å²) >= 11 is 1.43. The van der Waals surface area contributed by atoms with Gasteiger partial charge in [-0.25, -0.2) is 19.0 Å². The van der Waals surface area contributed by atoms with E-state index in [1.54, 1.807) is 6.33 Å². The van der Waals surface area contributed by atoms with Crippen LogP contribution in [-0.4, -0.2) is 48.7 Å². The molecule has 1 saturated heterocycles. The Kier molecular flexibility index (Phi) is 3.82. The fourth-order valence-corrected chi connectivity index (χ4v) is 3.55. The molecule has 3 aromatic rings. The average Bonchev–Trinajstić information content (AvgIpc) is 3.23. The maximum absolute atomic E-state index is 4.52. The Morgan fingerprint density at radius 2 is 1.95 bits per heavy atom. The van der Waals surface area contributed by atoms with Crippen LogP contribution >= 0.6 is 11.5 Å². The molecule has 6 nitrogen and oxygen atoms in total. The molecule has 7 heteroatoms. The van der Waals surface area contributed by atoms with E-state index < -0.39 is 0 Å². The lowest BCUT2D eigenvalue weighted by molar-refractivity contribution is 0.219. The average molecular weight is 314 g/mol. The topological polar surface area (TPSA) is 59.7 Å². The van der Waals surface area contributed by atoms with Crippen LogP contribution in [0.4, 0.5) is 0 Å². The first-order valence-electron chi connectivity index (χ1n) is 7.70. The van der Waals surface area contributed by atoms with E-state index >= 15 is 0 Å². The first kappa shape index (κ1) is 13.8. The molecule has 0 radical (unpaired) electrons. The van der Waals surface area contributed by atoms with Gasteiger partial charge in [0, 0.05) is 17.5 Å². The van der Waals surface area contributed by atoms with Crippen LogP contribution in [0.2, 0.25) is 0 Å². The summed E-state index contributed by atoms with van der Waals surface area (Å²) in [6, 6.07) is 0. The number of aromatic nitrogens is 5. The first-order valence-corrected chi connectivity index (χ1v) is 8.54. The van der Waals surface area contributed by atoms with Crippen molar-refractivity contribution in [1.29, 1.82) is 0 Å². The van der Waals surface area contributed by atoms with Crippen LogP contribution in [0.5, 0.6) is 0 Å². The fraction of sp³-hybridized carbons (Fsp3) is 0.467. The minimum Gasteiger partial charge on any atom is -0.301 e. The van der Waals surface area contributed by atoms with E-state index in [0.717, 1.165) is 35.4 Å². The van der Waals surface area contributed by atoms with Crippen molar-refractivity contribution >= 4 is 22.6 Å². The van der Waals surface area contributed by atoms with E-state index in [1.165, 1.54) is 43.9 Å². The summed E-state index contributed by atoms with van der Waals surface area (Å²) in [7, 11) is 0. The minimum absolute atomic E-state index is 0.877. The third-order valence-electron chi connectivity index (χ3n) is 4.22. The van der Waals surface area contributed by atoms with Gasteiger partial charge < -0.3 is 4.90 Å². The largest absolute Gasteiger partial charge is 0.301 e. The quantitative estimate of drug-likeness (QED) is 0.740. The van der Waals surface area contributed by atoms with Crippen molar-refractivity contribution in [2.24, 2.45) is 0 Å². The lowest BCUT2D eigenvalue weighted by atomic mass is 10.1. The van der Waals surface area contributed by atoms with Crippen molar-refractivity contribution in [2.75, 3.05) is 19.6 Å². The van der Waals surface area contributed by atoms with Gasteiger partial charge in [0.05, 0.1) is 30.0 Å². The minimum atomic E-state index is 0.877. The zero-order chi connectivity index (χ0) is 14.8. The molecule has 22 heavy (non-hydrogen) atoms. The van der Waals surface area contributed by atoms with E-state index in [9.17, 15) is 0 Å². The van der Waals surface area contributed by atoms with E-state index in [-0.39, 0.29) is 0 Å². The Morgan fingerprint density at radius 1 is 1.05 bits per heavy atom. The molecule has 1 aliphatic heterocycles. The molecule has 1 aliphatic rings. The molecule has 0 aromatic carbocycles. The van der Waals surface area contributed by atoms with Gasteiger partial charge in [-0.2, -0.15) is 5.10 Å². The van der Waals surface area contributed by atoms with Crippen molar-refractivity contribution in [3.8, 4) is 11.3 Å². The van der Waals surface area contributed by atoms with E-state index in [4.69, 9.17) is 0 Å². The van der Waals surface area contributed by atoms with Gasteiger partial charge in [-0.05, 0) is 37.5 Å². The van der Waals surface area contributed by atoms with E-state index in [2.05, 4.69) is 24.3 Å². The van der Waals surface area contributed by atoms with Crippen LogP contribution in [0.3, 0.4) is 0 Å². The molecule has 0 unspecified atom stereocenters. The number of likely N-dealkylation sites (tertiary alicyclic amines) is 1. The second-order valence-corrected chi connectivity index (χ2v) is 6.30. The molecule has 0 aliphatic carbocycles. The summed E-state index contributed by atoms with van der Waals surface area (Å²) in [4.78, 5) is 11.3. The first-order chi connectivity index (χ1) is 10.9. The summed E-state index contributed by atoms with van der Waals surface area (Å²) < 4.78 is 6.15. The monoisotopic (exact) mass is 314 g/mol. The van der Waals surface area contributed by atoms with Gasteiger partial charge in [-0.3, -0.25) is 0 Å². The zero-order valence-electron chi connectivity index (χ0n) is 12.4. The fourth-order valence-electron chi connectivity index (χ4n) is 3.03. The Bertz CT molecular complexity index is 745. The standard InChI is InChI=1S/C15H18N6S/c1-2-4-20(5-3-1)6-7-21-15-13(9-18-21)14(16-11-17-15)12-8-19-22-10-12/h8-11H,1-7H2. The number of hydrogen-bond acceptors (Lipinski definition) is 6. The highest BCUT2D eigenvalue weighted by molar-refractivity contribution is 7.03. The Hall–Kier alpha value is -1.86. The normalized spacial score (nSPS) is 16.4. The molecule has 4 rings (SSSR count). The van der Waals surface area contributed by atoms with Gasteiger partial charge in [0.1, 0.15) is 6.33 Å². The van der Waals surface area contributed by atoms with Gasteiger partial charge in [0.15, 0.2) is 5.65 Å². The molecule has 4 heterocycles. The number of nitrogens with zero attached hydrogens (tertiary/aromatic N) is 6. The molecule has 0 N–H and O–H groups in total. The van der Waals surface area contributed by atoms with Crippen LogP contribution in [0.15, 0.2) is 24.1 Å². The second-order valence-electron chi connectivity index (χ2n) is 5.64. The van der Waals surface area contributed by atoms with Crippen molar-refractivity contribution in [1.82, 2.24) is 29.0 Å². The highest BCUT2D eigenvalue weighted by Gasteiger charge is 2.14. The zero-order valence-corrected chi connectivity index (χ0v) is 13.2. The predicted molar refractivity (Wildman–Crippen MR) is 86.7 cm³/mol. The summed E-state index contributed by atoms with van der Waals surface area (Å²) in [5.74, 6) is 0. The third-order valence-corrected chi connectivity index (χ3v) is 4.80. The van der Waals surface area contributed by atoms with Gasteiger partial charge >= 0.3 is 0 Å². The van der Waals surface area contributed by atoms with E-state index in [0.29, 0.717) is 0 Å². The summed E-state index contributed by atoms with van der Waals surface area (Å²) in [6.07, 6.45) is 9.34. The molecular weight excluding hydrogens is 296 g/mol. The van der Waals surface area contributed by atoms with Crippen LogP contribution in [0.1, 0.15) is 19.3 Å². The lowest BCUT2D eigenvalue weighted by Crippen LogP contribution is -2.32. The molecule has 1 fully saturated rings. The van der Waals surface area contributed by atoms with Gasteiger partial charge in [-0.1, -0.05) is 6.42 Å². The van der Waals surface area contributed by atoms with Crippen molar-refractivity contribution in [3.05, 3.63) is 24.1 Å². The number of fused-ring (bicyclic) bond motifs is 1. The van der Waals surface area contributed by atoms with Gasteiger partial charge in [0.2, 0.25) is 0 Å². The molecule has 114 valence electrons. The highest BCUT2D eigenvalue weighted by Crippen LogP contribution is 2.25. The molecule has 0 amide bonds. The maximum atomic E-state index is 4.52. The predicted octanol–water partition coefficient (Wildman–Crippen LogP) is 2.44. The van der Waals surface area contributed by atoms with E-state index in [1.807, 2.05) is 22.5 Å². The lowest BCUT2D eigenvalue weighted by Gasteiger charge is -2.26. The highest BCUT2D eigenvalue weighted by atomic mass is 32.1. The van der Waals surface area contributed by atoms with Crippen molar-refractivity contribution < 1.29 is 0 Å². The van der Waals surface area contributed by atoms with Gasteiger partial charge in [0.25, 0.3) is 0 Å². The molecule has 0 bridgehead atoms. The van der Waals surface area contributed by atoms with Crippen LogP contribution in [0, 0.1) is 0 Å². The second kappa shape index (κ2) is 6.10. The number of rotatable bonds is 4. The number of piperidine rings is 1. The SMILES string of the molecule is c1nc(-c2cnsc2)c2cnn(CCN3CCCCC3)c2n1. The summed E-state index contributed by atoms with van der Waals surface area (Å²) in [5, 5.41) is 7.53. The molecular formula is C15H18N6S. The smallest absolute Gasteiger partial charge is 0.161 e. The van der Waals surface area contributed by atoms with Gasteiger partial charge in [-0.15, -0.1) is 0 Å². The summed E-state index contributed by atoms with van der Waals surface area (Å²) in [6.45, 7) is 4.33. The van der Waals surface area contributed by atoms with Crippen molar-refractivity contribution in [3.63, 3.8) is 0 Å². The van der Waals surface area contributed by atoms with Crippen LogP contribution < -0.4 is 0 Å². The Labute approximate surface area is 133 Å². The van der Waals surface area contributed by atoms with Crippen LogP contribution in [0.25, 0.3) is 22.3 Å². The summed E-state index contributed by atoms with van der Waals surface area (Å²) in [5.41, 5.74) is 2.86. The Balaban J connectivity index is 1.59. The third kappa shape index (κ3) is 2.62. The molecule has 0 saturated carbocycles. The van der Waals surface area contributed by atoms with Crippen LogP contribution in [-0.2, 0) is 6.54 Å². The maximum Gasteiger partial charge on any atom is 0.161 e. The molecule has 0 spiro atoms. The molecule has 3 aromatic heterocycles. The molecule has 0 atom stereocenters. The number of hydrogen-bond donors (Lipinski definition) is 0.